The lowest BCUT2D eigenvalue weighted by Gasteiger charge is -2.23. The Bertz CT molecular complexity index is 337. The van der Waals surface area contributed by atoms with Crippen LogP contribution >= 0.6 is 23.5 Å². The van der Waals surface area contributed by atoms with Gasteiger partial charge in [-0.3, -0.25) is 9.59 Å². The van der Waals surface area contributed by atoms with E-state index >= 15 is 0 Å². The average Bonchev–Trinajstić information content (AvgIpc) is 2.42. The first kappa shape index (κ1) is 20.5. The Balaban J connectivity index is 3.82. The number of ketones is 2. The summed E-state index contributed by atoms with van der Waals surface area (Å²) in [5.74, 6) is 2.29. The smallest absolute Gasteiger partial charge is 0.137 e. The summed E-state index contributed by atoms with van der Waals surface area (Å²) in [6.45, 7) is 8.18. The first-order valence-electron chi connectivity index (χ1n) is 7.45. The molecule has 0 radical (unpaired) electrons. The number of carbonyl (C=O) groups excluding carboxylic acids is 2. The van der Waals surface area contributed by atoms with E-state index in [0.29, 0.717) is 37.2 Å². The standard InChI is InChI=1S/C17H28O2S2/c1-5-7-9-15(18)11-13-20-17(3,4)21-14-12-16(19)10-8-6-2/h5-8H,9-14H2,1-4H3/b7-5+,8-6+. The van der Waals surface area contributed by atoms with Gasteiger partial charge in [0.2, 0.25) is 0 Å². The van der Waals surface area contributed by atoms with Crippen molar-refractivity contribution in [2.24, 2.45) is 0 Å². The van der Waals surface area contributed by atoms with Crippen LogP contribution in [-0.2, 0) is 9.59 Å². The predicted molar refractivity (Wildman–Crippen MR) is 97.1 cm³/mol. The molecule has 0 bridgehead atoms. The summed E-state index contributed by atoms with van der Waals surface area (Å²) in [5, 5.41) is 0. The first-order valence-corrected chi connectivity index (χ1v) is 9.42. The van der Waals surface area contributed by atoms with Crippen LogP contribution in [0.1, 0.15) is 53.4 Å². The highest BCUT2D eigenvalue weighted by atomic mass is 32.2. The van der Waals surface area contributed by atoms with Crippen LogP contribution in [0.2, 0.25) is 0 Å². The van der Waals surface area contributed by atoms with Gasteiger partial charge < -0.3 is 0 Å². The Morgan fingerprint density at radius 3 is 1.57 bits per heavy atom. The molecule has 0 unspecified atom stereocenters. The highest BCUT2D eigenvalue weighted by Gasteiger charge is 2.19. The van der Waals surface area contributed by atoms with Gasteiger partial charge in [-0.25, -0.2) is 0 Å². The monoisotopic (exact) mass is 328 g/mol. The number of rotatable bonds is 12. The Morgan fingerprint density at radius 2 is 1.24 bits per heavy atom. The second kappa shape index (κ2) is 12.1. The lowest BCUT2D eigenvalue weighted by atomic mass is 10.2. The molecule has 0 spiro atoms. The van der Waals surface area contributed by atoms with Crippen molar-refractivity contribution in [1.29, 1.82) is 0 Å². The fraction of sp³-hybridized carbons (Fsp3) is 0.647. The third-order valence-electron chi connectivity index (χ3n) is 2.82. The summed E-state index contributed by atoms with van der Waals surface area (Å²) in [4.78, 5) is 23.1. The van der Waals surface area contributed by atoms with Gasteiger partial charge in [0.05, 0.1) is 4.08 Å². The van der Waals surface area contributed by atoms with Crippen LogP contribution in [0.3, 0.4) is 0 Å². The van der Waals surface area contributed by atoms with Crippen LogP contribution in [0.5, 0.6) is 0 Å². The van der Waals surface area contributed by atoms with Crippen LogP contribution in [0, 0.1) is 0 Å². The molecule has 0 rings (SSSR count). The van der Waals surface area contributed by atoms with Crippen molar-refractivity contribution in [1.82, 2.24) is 0 Å². The summed E-state index contributed by atoms with van der Waals surface area (Å²) < 4.78 is 0.0573. The van der Waals surface area contributed by atoms with E-state index in [1.165, 1.54) is 0 Å². The van der Waals surface area contributed by atoms with E-state index in [1.54, 1.807) is 23.5 Å². The van der Waals surface area contributed by atoms with Crippen molar-refractivity contribution in [2.45, 2.75) is 57.5 Å². The molecule has 0 aromatic heterocycles. The molecule has 0 atom stereocenters. The molecule has 0 aliphatic heterocycles. The van der Waals surface area contributed by atoms with E-state index in [1.807, 2.05) is 38.2 Å². The summed E-state index contributed by atoms with van der Waals surface area (Å²) in [6, 6.07) is 0. The molecule has 0 aromatic rings. The normalized spacial score (nSPS) is 12.4. The van der Waals surface area contributed by atoms with Crippen molar-refractivity contribution >= 4 is 35.1 Å². The van der Waals surface area contributed by atoms with E-state index in [9.17, 15) is 9.59 Å². The Morgan fingerprint density at radius 1 is 0.857 bits per heavy atom. The van der Waals surface area contributed by atoms with Gasteiger partial charge in [0, 0.05) is 37.2 Å². The van der Waals surface area contributed by atoms with Crippen LogP contribution in [0.25, 0.3) is 0 Å². The predicted octanol–water partition coefficient (Wildman–Crippen LogP) is 5.04. The second-order valence-electron chi connectivity index (χ2n) is 5.22. The van der Waals surface area contributed by atoms with Crippen LogP contribution in [0.4, 0.5) is 0 Å². The molecular weight excluding hydrogens is 300 g/mol. The van der Waals surface area contributed by atoms with E-state index < -0.39 is 0 Å². The van der Waals surface area contributed by atoms with E-state index in [-0.39, 0.29) is 4.08 Å². The number of carbonyl (C=O) groups is 2. The molecule has 0 saturated heterocycles. The van der Waals surface area contributed by atoms with Gasteiger partial charge in [0.1, 0.15) is 11.6 Å². The summed E-state index contributed by atoms with van der Waals surface area (Å²) >= 11 is 3.61. The maximum absolute atomic E-state index is 11.6. The third-order valence-corrected chi connectivity index (χ3v) is 5.74. The van der Waals surface area contributed by atoms with Crippen LogP contribution in [-0.4, -0.2) is 27.2 Å². The molecule has 0 N–H and O–H groups in total. The molecule has 0 saturated carbocycles. The van der Waals surface area contributed by atoms with Gasteiger partial charge in [0.15, 0.2) is 0 Å². The number of hydrogen-bond donors (Lipinski definition) is 0. The van der Waals surface area contributed by atoms with Gasteiger partial charge in [-0.15, -0.1) is 23.5 Å². The minimum atomic E-state index is 0.0573. The molecule has 0 aliphatic carbocycles. The van der Waals surface area contributed by atoms with Crippen molar-refractivity contribution < 1.29 is 9.59 Å². The lowest BCUT2D eigenvalue weighted by Crippen LogP contribution is -2.13. The number of hydrogen-bond acceptors (Lipinski definition) is 4. The van der Waals surface area contributed by atoms with Gasteiger partial charge in [0.25, 0.3) is 0 Å². The third kappa shape index (κ3) is 12.9. The molecule has 2 nitrogen and oxygen atoms in total. The van der Waals surface area contributed by atoms with Crippen molar-refractivity contribution in [2.75, 3.05) is 11.5 Å². The highest BCUT2D eigenvalue weighted by molar-refractivity contribution is 8.18. The van der Waals surface area contributed by atoms with Crippen molar-refractivity contribution in [3.05, 3.63) is 24.3 Å². The van der Waals surface area contributed by atoms with Gasteiger partial charge in [-0.2, -0.15) is 0 Å². The molecule has 0 aliphatic rings. The molecule has 0 fully saturated rings. The molecule has 21 heavy (non-hydrogen) atoms. The van der Waals surface area contributed by atoms with Gasteiger partial charge >= 0.3 is 0 Å². The maximum Gasteiger partial charge on any atom is 0.137 e. The van der Waals surface area contributed by atoms with Gasteiger partial charge in [-0.05, 0) is 27.7 Å². The zero-order valence-electron chi connectivity index (χ0n) is 13.7. The molecule has 0 aromatic carbocycles. The second-order valence-corrected chi connectivity index (χ2v) is 8.91. The fourth-order valence-electron chi connectivity index (χ4n) is 1.57. The summed E-state index contributed by atoms with van der Waals surface area (Å²) in [7, 11) is 0. The topological polar surface area (TPSA) is 34.1 Å². The molecule has 120 valence electrons. The largest absolute Gasteiger partial charge is 0.299 e. The quantitative estimate of drug-likeness (QED) is 0.371. The molecule has 4 heteroatoms. The van der Waals surface area contributed by atoms with Crippen LogP contribution in [0.15, 0.2) is 24.3 Å². The van der Waals surface area contributed by atoms with Gasteiger partial charge in [-0.1, -0.05) is 24.3 Å². The van der Waals surface area contributed by atoms with Crippen LogP contribution < -0.4 is 0 Å². The van der Waals surface area contributed by atoms with E-state index in [2.05, 4.69) is 13.8 Å². The molecule has 0 heterocycles. The van der Waals surface area contributed by atoms with E-state index in [4.69, 9.17) is 0 Å². The Labute approximate surface area is 138 Å². The maximum atomic E-state index is 11.6. The number of Topliss-reactive ketones (excluding diaryl/α,β-unsaturated/α-hetero) is 2. The SMILES string of the molecule is C/C=C/CC(=O)CCSC(C)(C)SCCC(=O)C/C=C/C. The summed E-state index contributed by atoms with van der Waals surface area (Å²) in [5.41, 5.74) is 0. The molecular formula is C17H28O2S2. The zero-order valence-corrected chi connectivity index (χ0v) is 15.3. The highest BCUT2D eigenvalue weighted by Crippen LogP contribution is 2.37. The number of allylic oxidation sites excluding steroid dienone is 4. The average molecular weight is 329 g/mol. The minimum absolute atomic E-state index is 0.0573. The Hall–Kier alpha value is -0.480. The minimum Gasteiger partial charge on any atom is -0.299 e. The first-order chi connectivity index (χ1) is 9.91. The van der Waals surface area contributed by atoms with Crippen molar-refractivity contribution in [3.63, 3.8) is 0 Å². The fourth-order valence-corrected chi connectivity index (χ4v) is 4.04. The molecule has 0 amide bonds. The van der Waals surface area contributed by atoms with Crippen molar-refractivity contribution in [3.8, 4) is 0 Å². The van der Waals surface area contributed by atoms with E-state index in [0.717, 1.165) is 11.5 Å². The summed E-state index contributed by atoms with van der Waals surface area (Å²) in [6.07, 6.45) is 9.98. The Kier molecular flexibility index (Phi) is 11.8. The zero-order chi connectivity index (χ0) is 16.1. The number of thioether (sulfide) groups is 2. The lowest BCUT2D eigenvalue weighted by molar-refractivity contribution is -0.118.